The first-order chi connectivity index (χ1) is 6.65. The lowest BCUT2D eigenvalue weighted by Crippen LogP contribution is -2.11. The monoisotopic (exact) mass is 191 g/mol. The van der Waals surface area contributed by atoms with Crippen molar-refractivity contribution in [3.63, 3.8) is 0 Å². The molecule has 4 nitrogen and oxygen atoms in total. The highest BCUT2D eigenvalue weighted by atomic mass is 16.3. The van der Waals surface area contributed by atoms with Gasteiger partial charge in [-0.15, -0.1) is 0 Å². The maximum absolute atomic E-state index is 9.75. The van der Waals surface area contributed by atoms with Gasteiger partial charge in [0.05, 0.1) is 12.1 Å². The Labute approximate surface area is 82.8 Å². The molecule has 1 aromatic rings. The van der Waals surface area contributed by atoms with E-state index in [1.165, 1.54) is 0 Å². The maximum atomic E-state index is 9.75. The smallest absolute Gasteiger partial charge is 0.0872 e. The van der Waals surface area contributed by atoms with Crippen molar-refractivity contribution in [1.29, 1.82) is 0 Å². The Morgan fingerprint density at radius 1 is 1.36 bits per heavy atom. The summed E-state index contributed by atoms with van der Waals surface area (Å²) in [5, 5.41) is 13.2. The van der Waals surface area contributed by atoms with Crippen LogP contribution >= 0.6 is 0 Å². The Morgan fingerprint density at radius 2 is 1.93 bits per heavy atom. The van der Waals surface area contributed by atoms with Gasteiger partial charge in [0.15, 0.2) is 0 Å². The number of nitrogens with zero attached hydrogens (tertiary/aromatic N) is 3. The molecule has 0 amide bonds. The highest BCUT2D eigenvalue weighted by Gasteiger charge is 2.13. The third-order valence-corrected chi connectivity index (χ3v) is 2.11. The standard InChI is InChI=1S/C10H13N3O/c1-7-3-5-9(6-4-7)10(14)8(2)12-13-11/h3-6,8,10,14H,1-2H3/t8-,10-/m0/s1. The highest BCUT2D eigenvalue weighted by Crippen LogP contribution is 2.19. The first-order valence-corrected chi connectivity index (χ1v) is 4.44. The van der Waals surface area contributed by atoms with Crippen LogP contribution in [0.5, 0.6) is 0 Å². The molecule has 0 aliphatic heterocycles. The predicted molar refractivity (Wildman–Crippen MR) is 54.7 cm³/mol. The van der Waals surface area contributed by atoms with Crippen molar-refractivity contribution in [2.24, 2.45) is 5.11 Å². The predicted octanol–water partition coefficient (Wildman–Crippen LogP) is 2.73. The number of aryl methyl sites for hydroxylation is 1. The van der Waals surface area contributed by atoms with Crippen molar-refractivity contribution >= 4 is 0 Å². The van der Waals surface area contributed by atoms with Crippen LogP contribution in [0.25, 0.3) is 10.4 Å². The van der Waals surface area contributed by atoms with E-state index in [1.54, 1.807) is 6.92 Å². The second kappa shape index (κ2) is 4.65. The summed E-state index contributed by atoms with van der Waals surface area (Å²) in [6.07, 6.45) is -0.730. The summed E-state index contributed by atoms with van der Waals surface area (Å²) in [6, 6.07) is 7.07. The molecule has 0 aliphatic rings. The van der Waals surface area contributed by atoms with Gasteiger partial charge in [0, 0.05) is 4.91 Å². The number of rotatable bonds is 3. The number of hydrogen-bond donors (Lipinski definition) is 1. The molecule has 0 saturated heterocycles. The van der Waals surface area contributed by atoms with Gasteiger partial charge in [-0.1, -0.05) is 41.9 Å². The summed E-state index contributed by atoms with van der Waals surface area (Å²) >= 11 is 0. The van der Waals surface area contributed by atoms with Crippen LogP contribution in [-0.2, 0) is 0 Å². The van der Waals surface area contributed by atoms with Crippen LogP contribution in [0.2, 0.25) is 0 Å². The minimum Gasteiger partial charge on any atom is -0.388 e. The van der Waals surface area contributed by atoms with E-state index in [-0.39, 0.29) is 0 Å². The summed E-state index contributed by atoms with van der Waals surface area (Å²) in [6.45, 7) is 3.66. The van der Waals surface area contributed by atoms with Crippen molar-refractivity contribution in [2.45, 2.75) is 26.0 Å². The molecule has 0 spiro atoms. The Morgan fingerprint density at radius 3 is 2.43 bits per heavy atom. The van der Waals surface area contributed by atoms with Gasteiger partial charge < -0.3 is 5.11 Å². The third-order valence-electron chi connectivity index (χ3n) is 2.11. The van der Waals surface area contributed by atoms with Crippen molar-refractivity contribution in [3.8, 4) is 0 Å². The molecule has 2 atom stereocenters. The van der Waals surface area contributed by atoms with E-state index in [0.29, 0.717) is 0 Å². The summed E-state index contributed by atoms with van der Waals surface area (Å²) in [7, 11) is 0. The minimum atomic E-state index is -0.730. The fourth-order valence-corrected chi connectivity index (χ4v) is 1.19. The zero-order chi connectivity index (χ0) is 10.6. The minimum absolute atomic E-state index is 0.442. The fourth-order valence-electron chi connectivity index (χ4n) is 1.19. The number of aliphatic hydroxyl groups excluding tert-OH is 1. The average Bonchev–Trinajstić information content (AvgIpc) is 2.18. The lowest BCUT2D eigenvalue weighted by molar-refractivity contribution is 0.153. The van der Waals surface area contributed by atoms with Crippen molar-refractivity contribution in [2.75, 3.05) is 0 Å². The molecule has 74 valence electrons. The van der Waals surface area contributed by atoms with Crippen LogP contribution < -0.4 is 0 Å². The van der Waals surface area contributed by atoms with Crippen LogP contribution in [-0.4, -0.2) is 11.1 Å². The number of benzene rings is 1. The molecule has 0 radical (unpaired) electrons. The van der Waals surface area contributed by atoms with E-state index in [9.17, 15) is 5.11 Å². The molecule has 0 unspecified atom stereocenters. The van der Waals surface area contributed by atoms with E-state index in [0.717, 1.165) is 11.1 Å². The van der Waals surface area contributed by atoms with Gasteiger partial charge in [-0.2, -0.15) is 0 Å². The summed E-state index contributed by atoms with van der Waals surface area (Å²) < 4.78 is 0. The molecule has 4 heteroatoms. The molecule has 0 saturated carbocycles. The Hall–Kier alpha value is -1.51. The van der Waals surface area contributed by atoms with Crippen molar-refractivity contribution in [1.82, 2.24) is 0 Å². The van der Waals surface area contributed by atoms with E-state index in [4.69, 9.17) is 5.53 Å². The molecule has 1 aromatic carbocycles. The van der Waals surface area contributed by atoms with Crippen LogP contribution in [0.3, 0.4) is 0 Å². The van der Waals surface area contributed by atoms with Crippen molar-refractivity contribution < 1.29 is 5.11 Å². The van der Waals surface area contributed by atoms with Gasteiger partial charge in [-0.25, -0.2) is 0 Å². The molecule has 0 heterocycles. The first-order valence-electron chi connectivity index (χ1n) is 4.44. The van der Waals surface area contributed by atoms with Crippen LogP contribution in [0.15, 0.2) is 29.4 Å². The van der Waals surface area contributed by atoms with Gasteiger partial charge in [0.1, 0.15) is 0 Å². The Balaban J connectivity index is 2.83. The second-order valence-electron chi connectivity index (χ2n) is 3.30. The van der Waals surface area contributed by atoms with Gasteiger partial charge in [0.2, 0.25) is 0 Å². The second-order valence-corrected chi connectivity index (χ2v) is 3.30. The number of aliphatic hydroxyl groups is 1. The zero-order valence-electron chi connectivity index (χ0n) is 8.25. The van der Waals surface area contributed by atoms with Crippen LogP contribution in [0, 0.1) is 6.92 Å². The van der Waals surface area contributed by atoms with Gasteiger partial charge >= 0.3 is 0 Å². The van der Waals surface area contributed by atoms with Crippen molar-refractivity contribution in [3.05, 3.63) is 45.8 Å². The molecule has 1 N–H and O–H groups in total. The van der Waals surface area contributed by atoms with Crippen LogP contribution in [0.4, 0.5) is 0 Å². The molecule has 1 rings (SSSR count). The molecule has 0 aliphatic carbocycles. The molecule has 0 fully saturated rings. The molecule has 14 heavy (non-hydrogen) atoms. The quantitative estimate of drug-likeness (QED) is 0.445. The van der Waals surface area contributed by atoms with E-state index < -0.39 is 12.1 Å². The number of azide groups is 1. The average molecular weight is 191 g/mol. The van der Waals surface area contributed by atoms with Gasteiger partial charge in [-0.05, 0) is 18.0 Å². The van der Waals surface area contributed by atoms with Gasteiger partial charge in [-0.3, -0.25) is 0 Å². The molecular weight excluding hydrogens is 178 g/mol. The number of hydrogen-bond acceptors (Lipinski definition) is 2. The third kappa shape index (κ3) is 2.49. The summed E-state index contributed by atoms with van der Waals surface area (Å²) in [4.78, 5) is 2.66. The van der Waals surface area contributed by atoms with E-state index in [1.807, 2.05) is 31.2 Å². The largest absolute Gasteiger partial charge is 0.388 e. The zero-order valence-corrected chi connectivity index (χ0v) is 8.25. The normalized spacial score (nSPS) is 14.2. The maximum Gasteiger partial charge on any atom is 0.0872 e. The van der Waals surface area contributed by atoms with E-state index >= 15 is 0 Å². The first kappa shape index (κ1) is 10.6. The summed E-state index contributed by atoms with van der Waals surface area (Å²) in [5.41, 5.74) is 10.1. The highest BCUT2D eigenvalue weighted by molar-refractivity contribution is 5.23. The lowest BCUT2D eigenvalue weighted by Gasteiger charge is -2.14. The van der Waals surface area contributed by atoms with Gasteiger partial charge in [0.25, 0.3) is 0 Å². The topological polar surface area (TPSA) is 69.0 Å². The lowest BCUT2D eigenvalue weighted by atomic mass is 10.0. The molecular formula is C10H13N3O. The Kier molecular flexibility index (Phi) is 3.51. The SMILES string of the molecule is Cc1ccc([C@@H](O)[C@H](C)N=[N+]=[N-])cc1. The summed E-state index contributed by atoms with van der Waals surface area (Å²) in [5.74, 6) is 0. The molecule has 0 aromatic heterocycles. The van der Waals surface area contributed by atoms with Crippen LogP contribution in [0.1, 0.15) is 24.2 Å². The fraction of sp³-hybridized carbons (Fsp3) is 0.400. The Bertz CT molecular complexity index is 341. The molecule has 0 bridgehead atoms. The van der Waals surface area contributed by atoms with E-state index in [2.05, 4.69) is 10.0 Å².